The van der Waals surface area contributed by atoms with Crippen LogP contribution < -0.4 is 16.4 Å². The summed E-state index contributed by atoms with van der Waals surface area (Å²) in [4.78, 5) is 0. The highest BCUT2D eigenvalue weighted by atomic mass is 14.9. The van der Waals surface area contributed by atoms with Crippen LogP contribution in [-0.4, -0.2) is 12.6 Å². The standard InChI is InChI=1S/C38H53N3/c1-5-11-28(2)35-20-21-36(38-15-10-9-14-37(35)38)29(3)16-17-31(30(4)41-34-12-7-6-8-13-34)18-19-32(22-25-39)33-23-26-40-27-24-33/h5-15,22-23,25-26,29-33,35,37,40-41H,2,16-21,24,27,39H2,1,3-4H3/b11-5-,25-22-. The minimum Gasteiger partial charge on any atom is -0.405 e. The van der Waals surface area contributed by atoms with Gasteiger partial charge in [-0.1, -0.05) is 91.5 Å². The van der Waals surface area contributed by atoms with Crippen molar-refractivity contribution in [2.75, 3.05) is 11.9 Å². The van der Waals surface area contributed by atoms with Crippen LogP contribution >= 0.6 is 0 Å². The molecule has 0 saturated heterocycles. The SMILES string of the molecule is C=C(/C=C\C)C1CCC(C(C)CCC(CCC(/C=C\N)C2C=CNCC2)C(C)Nc2ccccc2)=C2C=CC=CC21. The number of para-hydroxylation sites is 1. The van der Waals surface area contributed by atoms with Gasteiger partial charge in [-0.05, 0) is 118 Å². The lowest BCUT2D eigenvalue weighted by Gasteiger charge is -2.37. The van der Waals surface area contributed by atoms with Crippen molar-refractivity contribution in [1.82, 2.24) is 5.32 Å². The predicted octanol–water partition coefficient (Wildman–Crippen LogP) is 9.09. The van der Waals surface area contributed by atoms with Gasteiger partial charge in [0.25, 0.3) is 0 Å². The highest BCUT2D eigenvalue weighted by molar-refractivity contribution is 5.44. The summed E-state index contributed by atoms with van der Waals surface area (Å²) < 4.78 is 0. The van der Waals surface area contributed by atoms with Gasteiger partial charge in [0.05, 0.1) is 0 Å². The average Bonchev–Trinajstić information content (AvgIpc) is 3.00. The second kappa shape index (κ2) is 15.7. The Morgan fingerprint density at radius 1 is 1.07 bits per heavy atom. The van der Waals surface area contributed by atoms with Crippen LogP contribution in [0.25, 0.3) is 0 Å². The summed E-state index contributed by atoms with van der Waals surface area (Å²) in [5.74, 6) is 3.20. The maximum Gasteiger partial charge on any atom is 0.0342 e. The molecular formula is C38H53N3. The number of allylic oxidation sites excluding steroid dienone is 11. The Balaban J connectivity index is 1.47. The van der Waals surface area contributed by atoms with Crippen molar-refractivity contribution >= 4 is 5.69 Å². The van der Waals surface area contributed by atoms with Crippen molar-refractivity contribution in [3.05, 3.63) is 115 Å². The Morgan fingerprint density at radius 2 is 1.88 bits per heavy atom. The Hall–Kier alpha value is -3.20. The van der Waals surface area contributed by atoms with Gasteiger partial charge < -0.3 is 16.4 Å². The quantitative estimate of drug-likeness (QED) is 0.202. The number of hydrogen-bond donors (Lipinski definition) is 3. The maximum absolute atomic E-state index is 5.93. The largest absolute Gasteiger partial charge is 0.405 e. The molecule has 0 radical (unpaired) electrons. The van der Waals surface area contributed by atoms with Crippen molar-refractivity contribution in [1.29, 1.82) is 0 Å². The summed E-state index contributed by atoms with van der Waals surface area (Å²) in [6.07, 6.45) is 30.4. The lowest BCUT2D eigenvalue weighted by atomic mass is 9.68. The van der Waals surface area contributed by atoms with Gasteiger partial charge in [0.1, 0.15) is 0 Å². The van der Waals surface area contributed by atoms with Crippen LogP contribution in [0.3, 0.4) is 0 Å². The van der Waals surface area contributed by atoms with Crippen LogP contribution in [-0.2, 0) is 0 Å². The lowest BCUT2D eigenvalue weighted by molar-refractivity contribution is 0.313. The molecule has 3 heteroatoms. The molecule has 3 aliphatic rings. The summed E-state index contributed by atoms with van der Waals surface area (Å²) in [6.45, 7) is 12.4. The van der Waals surface area contributed by atoms with E-state index in [9.17, 15) is 0 Å². The summed E-state index contributed by atoms with van der Waals surface area (Å²) in [5.41, 5.74) is 11.6. The summed E-state index contributed by atoms with van der Waals surface area (Å²) in [5, 5.41) is 7.19. The van der Waals surface area contributed by atoms with Gasteiger partial charge in [0.15, 0.2) is 0 Å². The van der Waals surface area contributed by atoms with E-state index in [4.69, 9.17) is 5.73 Å². The molecule has 2 aliphatic carbocycles. The number of nitrogens with two attached hydrogens (primary N) is 1. The van der Waals surface area contributed by atoms with Gasteiger partial charge in [0, 0.05) is 24.2 Å². The number of nitrogens with one attached hydrogen (secondary N) is 2. The van der Waals surface area contributed by atoms with Crippen molar-refractivity contribution in [3.8, 4) is 0 Å². The van der Waals surface area contributed by atoms with Gasteiger partial charge in [-0.2, -0.15) is 0 Å². The van der Waals surface area contributed by atoms with Crippen molar-refractivity contribution < 1.29 is 0 Å². The highest BCUT2D eigenvalue weighted by Gasteiger charge is 2.32. The molecule has 1 heterocycles. The minimum atomic E-state index is 0.401. The van der Waals surface area contributed by atoms with Crippen molar-refractivity contribution in [3.63, 3.8) is 0 Å². The zero-order valence-corrected chi connectivity index (χ0v) is 25.6. The second-order valence-corrected chi connectivity index (χ2v) is 12.4. The topological polar surface area (TPSA) is 50.1 Å². The van der Waals surface area contributed by atoms with Crippen LogP contribution in [0.5, 0.6) is 0 Å². The zero-order valence-electron chi connectivity index (χ0n) is 25.6. The van der Waals surface area contributed by atoms with Gasteiger partial charge in [-0.3, -0.25) is 0 Å². The first-order valence-corrected chi connectivity index (χ1v) is 16.0. The predicted molar refractivity (Wildman–Crippen MR) is 178 cm³/mol. The Labute approximate surface area is 250 Å². The van der Waals surface area contributed by atoms with Gasteiger partial charge >= 0.3 is 0 Å². The first-order chi connectivity index (χ1) is 20.0. The van der Waals surface area contributed by atoms with Crippen molar-refractivity contribution in [2.24, 2.45) is 41.2 Å². The molecule has 4 rings (SSSR count). The molecule has 0 bridgehead atoms. The average molecular weight is 552 g/mol. The minimum absolute atomic E-state index is 0.401. The van der Waals surface area contributed by atoms with E-state index in [-0.39, 0.29) is 0 Å². The number of anilines is 1. The fourth-order valence-corrected chi connectivity index (χ4v) is 7.33. The maximum atomic E-state index is 5.93. The fourth-order valence-electron chi connectivity index (χ4n) is 7.33. The summed E-state index contributed by atoms with van der Waals surface area (Å²) in [6, 6.07) is 11.1. The third-order valence-electron chi connectivity index (χ3n) is 9.75. The monoisotopic (exact) mass is 551 g/mol. The van der Waals surface area contributed by atoms with Gasteiger partial charge in [0.2, 0.25) is 0 Å². The van der Waals surface area contributed by atoms with E-state index in [0.29, 0.717) is 41.5 Å². The third-order valence-corrected chi connectivity index (χ3v) is 9.75. The molecule has 7 unspecified atom stereocenters. The molecule has 0 spiro atoms. The van der Waals surface area contributed by atoms with Crippen LogP contribution in [0.2, 0.25) is 0 Å². The van der Waals surface area contributed by atoms with E-state index in [1.807, 2.05) is 0 Å². The van der Waals surface area contributed by atoms with Crippen LogP contribution in [0, 0.1) is 35.5 Å². The first-order valence-electron chi connectivity index (χ1n) is 16.0. The van der Waals surface area contributed by atoms with Crippen LogP contribution in [0.15, 0.2) is 115 Å². The van der Waals surface area contributed by atoms with E-state index in [1.165, 1.54) is 56.2 Å². The molecule has 7 atom stereocenters. The van der Waals surface area contributed by atoms with E-state index < -0.39 is 0 Å². The molecule has 0 amide bonds. The van der Waals surface area contributed by atoms with Crippen LogP contribution in [0.4, 0.5) is 5.69 Å². The molecule has 1 aromatic carbocycles. The molecule has 41 heavy (non-hydrogen) atoms. The number of rotatable bonds is 14. The molecule has 3 nitrogen and oxygen atoms in total. The molecule has 0 aromatic heterocycles. The summed E-state index contributed by atoms with van der Waals surface area (Å²) in [7, 11) is 0. The van der Waals surface area contributed by atoms with E-state index in [0.717, 1.165) is 6.54 Å². The Bertz CT molecular complexity index is 1150. The van der Waals surface area contributed by atoms with E-state index in [2.05, 4.69) is 123 Å². The smallest absolute Gasteiger partial charge is 0.0342 e. The van der Waals surface area contributed by atoms with Crippen LogP contribution in [0.1, 0.15) is 65.7 Å². The molecule has 0 saturated carbocycles. The fraction of sp³-hybridized carbons (Fsp3) is 0.474. The number of fused-ring (bicyclic) bond motifs is 1. The van der Waals surface area contributed by atoms with E-state index >= 15 is 0 Å². The zero-order chi connectivity index (χ0) is 29.0. The van der Waals surface area contributed by atoms with Crippen molar-refractivity contribution in [2.45, 2.75) is 71.8 Å². The molecule has 220 valence electrons. The number of benzene rings is 1. The highest BCUT2D eigenvalue weighted by Crippen LogP contribution is 2.45. The Kier molecular flexibility index (Phi) is 11.8. The first kappa shape index (κ1) is 30.8. The molecular weight excluding hydrogens is 498 g/mol. The van der Waals surface area contributed by atoms with Gasteiger partial charge in [-0.15, -0.1) is 0 Å². The summed E-state index contributed by atoms with van der Waals surface area (Å²) >= 11 is 0. The third kappa shape index (κ3) is 8.41. The number of hydrogen-bond acceptors (Lipinski definition) is 3. The molecule has 4 N–H and O–H groups in total. The van der Waals surface area contributed by atoms with E-state index in [1.54, 1.807) is 17.3 Å². The normalized spacial score (nSPS) is 25.1. The Morgan fingerprint density at radius 3 is 2.61 bits per heavy atom. The molecule has 1 aliphatic heterocycles. The lowest BCUT2D eigenvalue weighted by Crippen LogP contribution is -2.29. The molecule has 1 aromatic rings. The second-order valence-electron chi connectivity index (χ2n) is 12.4. The molecule has 0 fully saturated rings. The van der Waals surface area contributed by atoms with Gasteiger partial charge in [-0.25, -0.2) is 0 Å².